The Bertz CT molecular complexity index is 1100. The highest BCUT2D eigenvalue weighted by Crippen LogP contribution is 2.40. The number of hydrogen-bond donors (Lipinski definition) is 0. The number of amidine groups is 1. The van der Waals surface area contributed by atoms with E-state index in [1.54, 1.807) is 17.4 Å². The summed E-state index contributed by atoms with van der Waals surface area (Å²) in [5, 5.41) is 12.6. The van der Waals surface area contributed by atoms with Crippen LogP contribution < -0.4 is 4.90 Å². The highest BCUT2D eigenvalue weighted by atomic mass is 35.5. The molecule has 2 heterocycles. The molecule has 4 nitrogen and oxygen atoms in total. The van der Waals surface area contributed by atoms with E-state index in [0.717, 1.165) is 27.1 Å². The Labute approximate surface area is 195 Å². The number of aromatic nitrogens is 2. The Balaban J connectivity index is 1.82. The molecule has 2 atom stereocenters. The average molecular weight is 480 g/mol. The van der Waals surface area contributed by atoms with E-state index in [1.165, 1.54) is 0 Å². The molecular weight excluding hydrogens is 459 g/mol. The van der Waals surface area contributed by atoms with Crippen LogP contribution in [0.15, 0.2) is 47.5 Å². The first-order valence-electron chi connectivity index (χ1n) is 9.57. The average Bonchev–Trinajstić information content (AvgIpc) is 3.28. The van der Waals surface area contributed by atoms with Crippen molar-refractivity contribution >= 4 is 57.7 Å². The van der Waals surface area contributed by atoms with Crippen LogP contribution in [0.3, 0.4) is 0 Å². The molecule has 0 N–H and O–H groups in total. The predicted molar refractivity (Wildman–Crippen MR) is 128 cm³/mol. The van der Waals surface area contributed by atoms with Gasteiger partial charge in [0.25, 0.3) is 0 Å². The molecule has 0 bridgehead atoms. The van der Waals surface area contributed by atoms with Crippen LogP contribution in [0.1, 0.15) is 49.3 Å². The second-order valence-electron chi connectivity index (χ2n) is 8.30. The molecule has 2 aromatic carbocycles. The zero-order valence-corrected chi connectivity index (χ0v) is 20.1. The minimum atomic E-state index is -0.156. The molecule has 0 spiro atoms. The van der Waals surface area contributed by atoms with Crippen LogP contribution in [0, 0.1) is 0 Å². The molecule has 0 aliphatic carbocycles. The van der Waals surface area contributed by atoms with Crippen molar-refractivity contribution < 1.29 is 0 Å². The summed E-state index contributed by atoms with van der Waals surface area (Å²) < 4.78 is 0. The van der Waals surface area contributed by atoms with Gasteiger partial charge in [0.05, 0.1) is 11.1 Å². The molecule has 0 saturated carbocycles. The molecule has 8 heteroatoms. The fourth-order valence-corrected chi connectivity index (χ4v) is 5.04. The third-order valence-electron chi connectivity index (χ3n) is 4.97. The Hall–Kier alpha value is -1.66. The van der Waals surface area contributed by atoms with E-state index < -0.39 is 0 Å². The Morgan fingerprint density at radius 2 is 1.60 bits per heavy atom. The molecule has 0 fully saturated rings. The number of rotatable bonds is 3. The van der Waals surface area contributed by atoms with Gasteiger partial charge in [0, 0.05) is 26.7 Å². The molecule has 3 aromatic rings. The molecule has 1 aliphatic heterocycles. The van der Waals surface area contributed by atoms with E-state index in [-0.39, 0.29) is 17.5 Å². The van der Waals surface area contributed by atoms with Gasteiger partial charge in [0.15, 0.2) is 0 Å². The number of aliphatic imine (C=N–C) groups is 1. The molecule has 0 saturated heterocycles. The predicted octanol–water partition coefficient (Wildman–Crippen LogP) is 7.19. The lowest BCUT2D eigenvalue weighted by Crippen LogP contribution is -2.36. The third-order valence-corrected chi connectivity index (χ3v) is 7.19. The fourth-order valence-electron chi connectivity index (χ4n) is 3.38. The van der Waals surface area contributed by atoms with E-state index in [0.29, 0.717) is 15.1 Å². The van der Waals surface area contributed by atoms with Gasteiger partial charge < -0.3 is 4.90 Å². The summed E-state index contributed by atoms with van der Waals surface area (Å²) in [5.41, 5.74) is 1.75. The summed E-state index contributed by atoms with van der Waals surface area (Å²) in [6, 6.07) is 13.1. The van der Waals surface area contributed by atoms with Crippen LogP contribution >= 0.6 is 46.1 Å². The summed E-state index contributed by atoms with van der Waals surface area (Å²) in [6.45, 7) is 8.55. The zero-order valence-electron chi connectivity index (χ0n) is 17.0. The van der Waals surface area contributed by atoms with Gasteiger partial charge in [-0.1, -0.05) is 66.9 Å². The monoisotopic (exact) mass is 478 g/mol. The van der Waals surface area contributed by atoms with Crippen molar-refractivity contribution in [3.05, 3.63) is 73.1 Å². The van der Waals surface area contributed by atoms with Gasteiger partial charge in [-0.25, -0.2) is 0 Å². The van der Waals surface area contributed by atoms with Gasteiger partial charge in [-0.15, -0.1) is 10.2 Å². The van der Waals surface area contributed by atoms with Crippen LogP contribution in [-0.2, 0) is 5.41 Å². The van der Waals surface area contributed by atoms with E-state index >= 15 is 0 Å². The molecule has 1 aliphatic rings. The van der Waals surface area contributed by atoms with Crippen molar-refractivity contribution in [2.24, 2.45) is 4.99 Å². The first-order valence-corrected chi connectivity index (χ1v) is 11.5. The van der Waals surface area contributed by atoms with E-state index in [4.69, 9.17) is 39.8 Å². The maximum absolute atomic E-state index is 6.55. The van der Waals surface area contributed by atoms with Crippen molar-refractivity contribution in [2.75, 3.05) is 4.90 Å². The van der Waals surface area contributed by atoms with E-state index in [9.17, 15) is 0 Å². The summed E-state index contributed by atoms with van der Waals surface area (Å²) in [7, 11) is 0. The quantitative estimate of drug-likeness (QED) is 0.399. The van der Waals surface area contributed by atoms with E-state index in [2.05, 4.69) is 42.8 Å². The minimum Gasteiger partial charge on any atom is -0.321 e. The van der Waals surface area contributed by atoms with Crippen molar-refractivity contribution in [2.45, 2.75) is 45.2 Å². The van der Waals surface area contributed by atoms with Gasteiger partial charge in [-0.05, 0) is 49.4 Å². The Morgan fingerprint density at radius 3 is 2.20 bits per heavy atom. The van der Waals surface area contributed by atoms with Gasteiger partial charge in [0.2, 0.25) is 0 Å². The number of halogens is 3. The van der Waals surface area contributed by atoms with Crippen LogP contribution in [0.4, 0.5) is 5.69 Å². The van der Waals surface area contributed by atoms with Crippen molar-refractivity contribution in [3.63, 3.8) is 0 Å². The van der Waals surface area contributed by atoms with Crippen molar-refractivity contribution in [1.29, 1.82) is 0 Å². The Kier molecular flexibility index (Phi) is 5.84. The van der Waals surface area contributed by atoms with Gasteiger partial charge >= 0.3 is 0 Å². The maximum Gasteiger partial charge on any atom is 0.144 e. The topological polar surface area (TPSA) is 41.4 Å². The van der Waals surface area contributed by atoms with Crippen LogP contribution in [0.2, 0.25) is 15.1 Å². The minimum absolute atomic E-state index is 0.0219. The standard InChI is InChI=1S/C22H21Cl3N4S/c1-12-18(20-27-28-21(30-20)22(2,3)4)26-19(16-10-7-14(24)11-17(16)25)29(12)15-8-5-13(23)6-9-15/h5-12,18H,1-4H3. The first-order chi connectivity index (χ1) is 14.1. The zero-order chi connectivity index (χ0) is 21.6. The van der Waals surface area contributed by atoms with Crippen LogP contribution in [0.25, 0.3) is 0 Å². The number of benzene rings is 2. The van der Waals surface area contributed by atoms with Crippen LogP contribution in [-0.4, -0.2) is 22.1 Å². The van der Waals surface area contributed by atoms with Gasteiger partial charge in [-0.2, -0.15) is 0 Å². The van der Waals surface area contributed by atoms with Gasteiger partial charge in [0.1, 0.15) is 21.9 Å². The molecule has 1 aromatic heterocycles. The summed E-state index contributed by atoms with van der Waals surface area (Å²) >= 11 is 20.4. The fraction of sp³-hybridized carbons (Fsp3) is 0.318. The molecule has 4 rings (SSSR count). The molecule has 2 unspecified atom stereocenters. The Morgan fingerprint density at radius 1 is 0.933 bits per heavy atom. The van der Waals surface area contributed by atoms with Crippen LogP contribution in [0.5, 0.6) is 0 Å². The van der Waals surface area contributed by atoms with Crippen molar-refractivity contribution in [3.8, 4) is 0 Å². The molecular formula is C22H21Cl3N4S. The van der Waals surface area contributed by atoms with Crippen molar-refractivity contribution in [1.82, 2.24) is 10.2 Å². The number of anilines is 1. The lowest BCUT2D eigenvalue weighted by molar-refractivity contribution is 0.574. The normalized spacial score (nSPS) is 19.3. The van der Waals surface area contributed by atoms with Gasteiger partial charge in [-0.3, -0.25) is 4.99 Å². The molecule has 0 amide bonds. The molecule has 156 valence electrons. The lowest BCUT2D eigenvalue weighted by Gasteiger charge is -2.27. The SMILES string of the molecule is CC1C(c2nnc(C(C)(C)C)s2)N=C(c2ccc(Cl)cc2Cl)N1c1ccc(Cl)cc1. The number of nitrogens with zero attached hydrogens (tertiary/aromatic N) is 4. The number of hydrogen-bond acceptors (Lipinski definition) is 5. The highest BCUT2D eigenvalue weighted by molar-refractivity contribution is 7.11. The first kappa shape index (κ1) is 21.6. The van der Waals surface area contributed by atoms with E-state index in [1.807, 2.05) is 36.4 Å². The summed E-state index contributed by atoms with van der Waals surface area (Å²) in [5.74, 6) is 0.781. The largest absolute Gasteiger partial charge is 0.321 e. The summed E-state index contributed by atoms with van der Waals surface area (Å²) in [6.07, 6.45) is 0. The summed E-state index contributed by atoms with van der Waals surface area (Å²) in [4.78, 5) is 7.24. The maximum atomic E-state index is 6.55. The second-order valence-corrected chi connectivity index (χ2v) is 10.6. The highest BCUT2D eigenvalue weighted by Gasteiger charge is 2.38. The smallest absolute Gasteiger partial charge is 0.144 e. The third kappa shape index (κ3) is 4.09. The second kappa shape index (κ2) is 8.12. The molecule has 0 radical (unpaired) electrons. The lowest BCUT2D eigenvalue weighted by atomic mass is 9.98. The molecule has 30 heavy (non-hydrogen) atoms.